The SMILES string of the molecule is Cc1cc([Si](c2ccccc2)(c2ccccc2)[c-]2c(C)c(C)c(C)c2C)cc(C)c1C.[Cl-].[Cl-].[Cl-].[Ti+4]. The first-order chi connectivity index (χ1) is 14.8. The van der Waals surface area contributed by atoms with E-state index in [2.05, 4.69) is 121 Å². The minimum atomic E-state index is -2.49. The molecule has 4 aromatic rings. The molecule has 0 aromatic heterocycles. The van der Waals surface area contributed by atoms with Crippen LogP contribution in [0.4, 0.5) is 0 Å². The predicted molar refractivity (Wildman–Crippen MR) is 139 cm³/mol. The van der Waals surface area contributed by atoms with E-state index in [9.17, 15) is 0 Å². The zero-order valence-electron chi connectivity index (χ0n) is 21.6. The number of halogens is 3. The van der Waals surface area contributed by atoms with Crippen molar-refractivity contribution >= 4 is 28.8 Å². The van der Waals surface area contributed by atoms with Gasteiger partial charge < -0.3 is 37.2 Å². The molecule has 0 aliphatic carbocycles. The van der Waals surface area contributed by atoms with E-state index in [0.717, 1.165) is 0 Å². The topological polar surface area (TPSA) is 0 Å². The van der Waals surface area contributed by atoms with Gasteiger partial charge in [0.05, 0.1) is 0 Å². The molecule has 0 aliphatic rings. The molecule has 35 heavy (non-hydrogen) atoms. The van der Waals surface area contributed by atoms with Crippen LogP contribution in [0.15, 0.2) is 72.8 Å². The summed E-state index contributed by atoms with van der Waals surface area (Å²) in [5.41, 5.74) is 9.98. The van der Waals surface area contributed by atoms with Gasteiger partial charge >= 0.3 is 21.7 Å². The molecule has 0 bridgehead atoms. The number of benzene rings is 3. The van der Waals surface area contributed by atoms with E-state index in [1.54, 1.807) is 5.19 Å². The molecular weight excluding hydrogens is 543 g/mol. The second kappa shape index (κ2) is 13.4. The van der Waals surface area contributed by atoms with E-state index in [1.807, 2.05) is 0 Å². The average Bonchev–Trinajstić information content (AvgIpc) is 2.98. The maximum absolute atomic E-state index is 2.49. The van der Waals surface area contributed by atoms with Gasteiger partial charge in [0.15, 0.2) is 0 Å². The Morgan fingerprint density at radius 3 is 1.17 bits per heavy atom. The molecule has 0 spiro atoms. The Labute approximate surface area is 246 Å². The first kappa shape index (κ1) is 33.8. The van der Waals surface area contributed by atoms with Crippen molar-refractivity contribution < 1.29 is 58.9 Å². The van der Waals surface area contributed by atoms with E-state index in [-0.39, 0.29) is 58.9 Å². The van der Waals surface area contributed by atoms with Crippen LogP contribution in [0.25, 0.3) is 0 Å². The zero-order chi connectivity index (χ0) is 22.3. The second-order valence-electron chi connectivity index (χ2n) is 9.09. The smallest absolute Gasteiger partial charge is 1.00 e. The molecule has 0 fully saturated rings. The molecule has 182 valence electrons. The Morgan fingerprint density at radius 1 is 0.486 bits per heavy atom. The van der Waals surface area contributed by atoms with E-state index in [0.29, 0.717) is 0 Å². The summed E-state index contributed by atoms with van der Waals surface area (Å²) < 4.78 is 0. The van der Waals surface area contributed by atoms with Crippen LogP contribution in [-0.2, 0) is 21.7 Å². The number of aryl methyl sites for hydroxylation is 2. The molecule has 0 nitrogen and oxygen atoms in total. The fraction of sp³-hybridized carbons (Fsp3) is 0.233. The Kier molecular flexibility index (Phi) is 12.9. The summed E-state index contributed by atoms with van der Waals surface area (Å²) in [5, 5.41) is 5.98. The molecule has 0 atom stereocenters. The maximum Gasteiger partial charge on any atom is 4.00 e. The fourth-order valence-corrected chi connectivity index (χ4v) is 11.0. The van der Waals surface area contributed by atoms with Crippen LogP contribution >= 0.6 is 0 Å². The predicted octanol–water partition coefficient (Wildman–Crippen LogP) is -4.05. The van der Waals surface area contributed by atoms with Gasteiger partial charge in [-0.2, -0.15) is 22.3 Å². The Morgan fingerprint density at radius 2 is 0.829 bits per heavy atom. The van der Waals surface area contributed by atoms with Crippen molar-refractivity contribution in [3.8, 4) is 0 Å². The quantitative estimate of drug-likeness (QED) is 0.132. The van der Waals surface area contributed by atoms with Crippen molar-refractivity contribution in [2.45, 2.75) is 48.5 Å². The third kappa shape index (κ3) is 5.57. The van der Waals surface area contributed by atoms with Gasteiger partial charge in [0, 0.05) is 0 Å². The molecule has 0 saturated heterocycles. The molecule has 0 unspecified atom stereocenters. The third-order valence-electron chi connectivity index (χ3n) is 7.59. The number of hydrogen-bond donors (Lipinski definition) is 0. The molecule has 0 radical (unpaired) electrons. The van der Waals surface area contributed by atoms with E-state index >= 15 is 0 Å². The van der Waals surface area contributed by atoms with Crippen molar-refractivity contribution in [2.75, 3.05) is 0 Å². The summed E-state index contributed by atoms with van der Waals surface area (Å²) in [4.78, 5) is 0. The molecule has 0 amide bonds. The normalized spacial score (nSPS) is 10.4. The van der Waals surface area contributed by atoms with Crippen LogP contribution in [0.5, 0.6) is 0 Å². The van der Waals surface area contributed by atoms with Crippen molar-refractivity contribution in [1.29, 1.82) is 0 Å². The summed E-state index contributed by atoms with van der Waals surface area (Å²) in [6.07, 6.45) is 0. The largest absolute Gasteiger partial charge is 4.00 e. The van der Waals surface area contributed by atoms with Gasteiger partial charge in [0.25, 0.3) is 0 Å². The Hall–Kier alpha value is -1.19. The fourth-order valence-electron chi connectivity index (χ4n) is 5.34. The second-order valence-corrected chi connectivity index (χ2v) is 12.8. The van der Waals surface area contributed by atoms with Crippen LogP contribution in [0.3, 0.4) is 0 Å². The van der Waals surface area contributed by atoms with Crippen molar-refractivity contribution in [1.82, 2.24) is 0 Å². The van der Waals surface area contributed by atoms with E-state index in [1.165, 1.54) is 54.5 Å². The Bertz CT molecular complexity index is 1160. The molecule has 0 aliphatic heterocycles. The zero-order valence-corrected chi connectivity index (χ0v) is 26.4. The van der Waals surface area contributed by atoms with Gasteiger partial charge in [-0.3, -0.25) is 0 Å². The molecule has 0 heterocycles. The van der Waals surface area contributed by atoms with Crippen LogP contribution in [0.1, 0.15) is 38.9 Å². The summed E-state index contributed by atoms with van der Waals surface area (Å²) >= 11 is 0. The van der Waals surface area contributed by atoms with Crippen molar-refractivity contribution in [3.63, 3.8) is 0 Å². The van der Waals surface area contributed by atoms with Crippen LogP contribution in [0, 0.1) is 48.5 Å². The minimum Gasteiger partial charge on any atom is -1.00 e. The van der Waals surface area contributed by atoms with Gasteiger partial charge in [0.1, 0.15) is 8.07 Å². The molecular formula is C30H33Cl3SiTi. The molecule has 4 aromatic carbocycles. The third-order valence-corrected chi connectivity index (χ3v) is 12.6. The summed E-state index contributed by atoms with van der Waals surface area (Å²) in [6.45, 7) is 16.0. The summed E-state index contributed by atoms with van der Waals surface area (Å²) in [6, 6.07) is 27.5. The Balaban J connectivity index is 0.00000289. The van der Waals surface area contributed by atoms with Crippen LogP contribution in [0.2, 0.25) is 0 Å². The molecule has 0 N–H and O–H groups in total. The average molecular weight is 576 g/mol. The van der Waals surface area contributed by atoms with Gasteiger partial charge in [-0.1, -0.05) is 116 Å². The first-order valence-electron chi connectivity index (χ1n) is 11.2. The van der Waals surface area contributed by atoms with Gasteiger partial charge in [0.2, 0.25) is 0 Å². The van der Waals surface area contributed by atoms with Gasteiger partial charge in [-0.05, 0) is 37.5 Å². The standard InChI is InChI=1S/C30H33Si.3ClH.Ti/c1-20-18-29(19-21(2)22(20)3)31(27-14-10-8-11-15-27,28-16-12-9-13-17-28)30-25(6)23(4)24(5)26(30)7;;;;/h8-19H,1-7H3;3*1H;/q-1;;;;+4/p-3. The number of hydrogen-bond acceptors (Lipinski definition) is 0. The van der Waals surface area contributed by atoms with Gasteiger partial charge in [-0.15, -0.1) is 5.19 Å². The van der Waals surface area contributed by atoms with E-state index < -0.39 is 8.07 Å². The molecule has 0 saturated carbocycles. The van der Waals surface area contributed by atoms with Crippen molar-refractivity contribution in [2.24, 2.45) is 0 Å². The summed E-state index contributed by atoms with van der Waals surface area (Å²) in [7, 11) is -2.49. The van der Waals surface area contributed by atoms with Crippen molar-refractivity contribution in [3.05, 3.63) is 112 Å². The summed E-state index contributed by atoms with van der Waals surface area (Å²) in [5.74, 6) is 0. The van der Waals surface area contributed by atoms with E-state index in [4.69, 9.17) is 0 Å². The van der Waals surface area contributed by atoms with Crippen LogP contribution < -0.4 is 58.0 Å². The molecule has 4 rings (SSSR count). The first-order valence-corrected chi connectivity index (χ1v) is 13.2. The van der Waals surface area contributed by atoms with Gasteiger partial charge in [-0.25, -0.2) is 0 Å². The molecule has 5 heteroatoms. The van der Waals surface area contributed by atoms with Crippen LogP contribution in [-0.4, -0.2) is 8.07 Å². The number of rotatable bonds is 4. The monoisotopic (exact) mass is 574 g/mol. The minimum absolute atomic E-state index is 0. The maximum atomic E-state index is 2.48.